The standard InChI is InChI=1S/C13H18FNO2/c1-3-4-10(15)8-12(16)11-7-9(14)5-6-13(11)17-2/h5-7,10H,3-4,8,15H2,1-2H3. The molecule has 0 saturated carbocycles. The predicted molar refractivity (Wildman–Crippen MR) is 64.8 cm³/mol. The third-order valence-corrected chi connectivity index (χ3v) is 2.57. The molecule has 0 aliphatic carbocycles. The Morgan fingerprint density at radius 2 is 2.24 bits per heavy atom. The quantitative estimate of drug-likeness (QED) is 0.776. The fourth-order valence-corrected chi connectivity index (χ4v) is 1.72. The van der Waals surface area contributed by atoms with E-state index in [2.05, 4.69) is 0 Å². The van der Waals surface area contributed by atoms with E-state index < -0.39 is 5.82 Å². The molecule has 1 aromatic carbocycles. The van der Waals surface area contributed by atoms with Crippen LogP contribution in [0, 0.1) is 5.82 Å². The summed E-state index contributed by atoms with van der Waals surface area (Å²) in [5.74, 6) is -0.236. The highest BCUT2D eigenvalue weighted by Gasteiger charge is 2.16. The van der Waals surface area contributed by atoms with Crippen molar-refractivity contribution in [3.8, 4) is 5.75 Å². The number of ketones is 1. The molecule has 1 aromatic rings. The number of Topliss-reactive ketones (excluding diaryl/α,β-unsaturated/α-hetero) is 1. The highest BCUT2D eigenvalue weighted by atomic mass is 19.1. The minimum Gasteiger partial charge on any atom is -0.496 e. The lowest BCUT2D eigenvalue weighted by atomic mass is 10.0. The highest BCUT2D eigenvalue weighted by molar-refractivity contribution is 5.99. The summed E-state index contributed by atoms with van der Waals surface area (Å²) in [4.78, 5) is 11.9. The fraction of sp³-hybridized carbons (Fsp3) is 0.462. The van der Waals surface area contributed by atoms with E-state index in [1.54, 1.807) is 0 Å². The van der Waals surface area contributed by atoms with Crippen LogP contribution in [0.1, 0.15) is 36.5 Å². The van der Waals surface area contributed by atoms with Gasteiger partial charge in [-0.25, -0.2) is 4.39 Å². The lowest BCUT2D eigenvalue weighted by molar-refractivity contribution is 0.0970. The summed E-state index contributed by atoms with van der Waals surface area (Å²) in [6.07, 6.45) is 1.92. The summed E-state index contributed by atoms with van der Waals surface area (Å²) >= 11 is 0. The number of hydrogen-bond acceptors (Lipinski definition) is 3. The van der Waals surface area contributed by atoms with Gasteiger partial charge in [-0.1, -0.05) is 13.3 Å². The summed E-state index contributed by atoms with van der Waals surface area (Å²) in [6.45, 7) is 2.01. The zero-order valence-electron chi connectivity index (χ0n) is 10.2. The van der Waals surface area contributed by atoms with Crippen molar-refractivity contribution in [3.05, 3.63) is 29.6 Å². The molecule has 0 aromatic heterocycles. The molecule has 17 heavy (non-hydrogen) atoms. The highest BCUT2D eigenvalue weighted by Crippen LogP contribution is 2.21. The summed E-state index contributed by atoms with van der Waals surface area (Å²) in [5, 5.41) is 0. The Bertz CT molecular complexity index is 393. The molecule has 0 spiro atoms. The van der Waals surface area contributed by atoms with Crippen LogP contribution in [0.3, 0.4) is 0 Å². The fourth-order valence-electron chi connectivity index (χ4n) is 1.72. The average Bonchev–Trinajstić information content (AvgIpc) is 2.29. The van der Waals surface area contributed by atoms with Gasteiger partial charge in [0.05, 0.1) is 12.7 Å². The first-order chi connectivity index (χ1) is 8.08. The third-order valence-electron chi connectivity index (χ3n) is 2.57. The van der Waals surface area contributed by atoms with Crippen molar-refractivity contribution >= 4 is 5.78 Å². The molecule has 0 fully saturated rings. The number of carbonyl (C=O) groups is 1. The van der Waals surface area contributed by atoms with Gasteiger partial charge < -0.3 is 10.5 Å². The van der Waals surface area contributed by atoms with E-state index in [9.17, 15) is 9.18 Å². The van der Waals surface area contributed by atoms with Gasteiger partial charge in [0.15, 0.2) is 5.78 Å². The molecule has 2 N–H and O–H groups in total. The third kappa shape index (κ3) is 3.82. The number of hydrogen-bond donors (Lipinski definition) is 1. The number of rotatable bonds is 6. The van der Waals surface area contributed by atoms with Crippen molar-refractivity contribution in [2.24, 2.45) is 5.73 Å². The van der Waals surface area contributed by atoms with E-state index in [0.29, 0.717) is 5.75 Å². The monoisotopic (exact) mass is 239 g/mol. The molecular weight excluding hydrogens is 221 g/mol. The average molecular weight is 239 g/mol. The van der Waals surface area contributed by atoms with Gasteiger partial charge in [-0.3, -0.25) is 4.79 Å². The Hall–Kier alpha value is -1.42. The van der Waals surface area contributed by atoms with Crippen LogP contribution in [-0.2, 0) is 0 Å². The zero-order valence-corrected chi connectivity index (χ0v) is 10.2. The van der Waals surface area contributed by atoms with Crippen LogP contribution >= 0.6 is 0 Å². The van der Waals surface area contributed by atoms with Crippen LogP contribution in [0.4, 0.5) is 4.39 Å². The Kier molecular flexibility index (Phi) is 5.10. The first-order valence-corrected chi connectivity index (χ1v) is 5.70. The minimum absolute atomic E-state index is 0.178. The molecule has 3 nitrogen and oxygen atoms in total. The lowest BCUT2D eigenvalue weighted by Crippen LogP contribution is -2.23. The molecule has 1 rings (SSSR count). The van der Waals surface area contributed by atoms with Crippen molar-refractivity contribution in [2.75, 3.05) is 7.11 Å². The van der Waals surface area contributed by atoms with Crippen molar-refractivity contribution in [1.82, 2.24) is 0 Å². The summed E-state index contributed by atoms with van der Waals surface area (Å²) in [5.41, 5.74) is 6.06. The molecule has 0 aliphatic heterocycles. The van der Waals surface area contributed by atoms with Gasteiger partial charge in [0.1, 0.15) is 11.6 Å². The molecule has 94 valence electrons. The van der Waals surface area contributed by atoms with Crippen molar-refractivity contribution in [1.29, 1.82) is 0 Å². The second-order valence-corrected chi connectivity index (χ2v) is 4.02. The lowest BCUT2D eigenvalue weighted by Gasteiger charge is -2.11. The second kappa shape index (κ2) is 6.35. The topological polar surface area (TPSA) is 52.3 Å². The summed E-state index contributed by atoms with van der Waals surface area (Å²) in [6, 6.07) is 3.73. The van der Waals surface area contributed by atoms with E-state index in [1.807, 2.05) is 6.92 Å². The van der Waals surface area contributed by atoms with Gasteiger partial charge >= 0.3 is 0 Å². The molecule has 0 amide bonds. The van der Waals surface area contributed by atoms with E-state index in [4.69, 9.17) is 10.5 Å². The molecule has 4 heteroatoms. The van der Waals surface area contributed by atoms with Gasteiger partial charge in [-0.2, -0.15) is 0 Å². The number of halogens is 1. The molecule has 0 aliphatic rings. The van der Waals surface area contributed by atoms with Crippen LogP contribution < -0.4 is 10.5 Å². The van der Waals surface area contributed by atoms with Crippen LogP contribution in [0.2, 0.25) is 0 Å². The van der Waals surface area contributed by atoms with Crippen molar-refractivity contribution in [2.45, 2.75) is 32.2 Å². The zero-order chi connectivity index (χ0) is 12.8. The van der Waals surface area contributed by atoms with Gasteiger partial charge in [0, 0.05) is 12.5 Å². The molecule has 0 heterocycles. The molecular formula is C13H18FNO2. The van der Waals surface area contributed by atoms with Crippen molar-refractivity contribution < 1.29 is 13.9 Å². The Morgan fingerprint density at radius 1 is 1.53 bits per heavy atom. The van der Waals surface area contributed by atoms with E-state index in [0.717, 1.165) is 12.8 Å². The minimum atomic E-state index is -0.446. The SMILES string of the molecule is CCCC(N)CC(=O)c1cc(F)ccc1OC. The molecule has 0 bridgehead atoms. The first-order valence-electron chi connectivity index (χ1n) is 5.70. The number of nitrogens with two attached hydrogens (primary N) is 1. The second-order valence-electron chi connectivity index (χ2n) is 4.02. The molecule has 1 unspecified atom stereocenters. The van der Waals surface area contributed by atoms with Crippen molar-refractivity contribution in [3.63, 3.8) is 0 Å². The number of benzene rings is 1. The van der Waals surface area contributed by atoms with Gasteiger partial charge in [0.2, 0.25) is 0 Å². The van der Waals surface area contributed by atoms with Crippen LogP contribution in [0.5, 0.6) is 5.75 Å². The van der Waals surface area contributed by atoms with Gasteiger partial charge in [-0.05, 0) is 24.6 Å². The summed E-state index contributed by atoms with van der Waals surface area (Å²) < 4.78 is 18.1. The van der Waals surface area contributed by atoms with E-state index in [-0.39, 0.29) is 23.8 Å². The maximum atomic E-state index is 13.1. The molecule has 0 radical (unpaired) electrons. The maximum Gasteiger partial charge on any atom is 0.168 e. The summed E-state index contributed by atoms with van der Waals surface area (Å²) in [7, 11) is 1.45. The van der Waals surface area contributed by atoms with Crippen LogP contribution in [-0.4, -0.2) is 18.9 Å². The predicted octanol–water partition coefficient (Wildman–Crippen LogP) is 2.53. The Labute approximate surface area is 101 Å². The Morgan fingerprint density at radius 3 is 2.82 bits per heavy atom. The maximum absolute atomic E-state index is 13.1. The first kappa shape index (κ1) is 13.6. The van der Waals surface area contributed by atoms with Gasteiger partial charge in [-0.15, -0.1) is 0 Å². The molecule has 0 saturated heterocycles. The smallest absolute Gasteiger partial charge is 0.168 e. The van der Waals surface area contributed by atoms with Gasteiger partial charge in [0.25, 0.3) is 0 Å². The molecule has 1 atom stereocenters. The number of ether oxygens (including phenoxy) is 1. The largest absolute Gasteiger partial charge is 0.496 e. The number of carbonyl (C=O) groups excluding carboxylic acids is 1. The van der Waals surface area contributed by atoms with Crippen LogP contribution in [0.25, 0.3) is 0 Å². The van der Waals surface area contributed by atoms with E-state index >= 15 is 0 Å². The van der Waals surface area contributed by atoms with Crippen LogP contribution in [0.15, 0.2) is 18.2 Å². The normalized spacial score (nSPS) is 12.2. The number of methoxy groups -OCH3 is 1. The van der Waals surface area contributed by atoms with E-state index in [1.165, 1.54) is 25.3 Å². The Balaban J connectivity index is 2.83.